The molecule has 0 amide bonds. The van der Waals surface area contributed by atoms with Crippen LogP contribution in [0.5, 0.6) is 0 Å². The molecule has 0 unspecified atom stereocenters. The molecule has 2 rings (SSSR count). The van der Waals surface area contributed by atoms with Crippen LogP contribution in [0, 0.1) is 33.5 Å². The van der Waals surface area contributed by atoms with Gasteiger partial charge in [0.2, 0.25) is 0 Å². The van der Waals surface area contributed by atoms with Gasteiger partial charge < -0.3 is 9.47 Å². The van der Waals surface area contributed by atoms with E-state index in [9.17, 15) is 10.5 Å². The minimum absolute atomic E-state index is 0.229. The fourth-order valence-corrected chi connectivity index (χ4v) is 3.22. The van der Waals surface area contributed by atoms with Crippen LogP contribution in [-0.2, 0) is 9.47 Å². The molecule has 0 bridgehead atoms. The number of nitrogens with one attached hydrogen (secondary N) is 1. The summed E-state index contributed by atoms with van der Waals surface area (Å²) in [7, 11) is 2.86. The number of hydrogen-bond acceptors (Lipinski definition) is 5. The van der Waals surface area contributed by atoms with Crippen LogP contribution in [0.2, 0.25) is 0 Å². The number of ether oxygens (including phenoxy) is 2. The number of nitrogens with two attached hydrogens (primary N) is 1. The fourth-order valence-electron chi connectivity index (χ4n) is 3.22. The molecule has 0 radical (unpaired) electrons. The van der Waals surface area contributed by atoms with E-state index in [2.05, 4.69) is 17.1 Å². The summed E-state index contributed by atoms with van der Waals surface area (Å²) >= 11 is 0. The number of nitrogens with zero attached hydrogens (tertiary/aromatic N) is 2. The Bertz CT molecular complexity index is 550. The number of methoxy groups -OCH3 is 2. The van der Waals surface area contributed by atoms with E-state index in [4.69, 9.17) is 15.2 Å². The van der Waals surface area contributed by atoms with E-state index in [1.54, 1.807) is 0 Å². The maximum Gasteiger partial charge on any atom is 0.342 e. The van der Waals surface area contributed by atoms with Gasteiger partial charge >= 0.3 is 5.91 Å². The van der Waals surface area contributed by atoms with Crippen molar-refractivity contribution in [2.24, 2.45) is 16.6 Å². The Morgan fingerprint density at radius 2 is 1.95 bits per heavy atom. The fraction of sp³-hybridized carbons (Fsp3) is 0.615. The molecule has 6 nitrogen and oxygen atoms in total. The molecule has 2 atom stereocenters. The lowest BCUT2D eigenvalue weighted by atomic mass is 9.57. The van der Waals surface area contributed by atoms with Gasteiger partial charge in [-0.15, -0.1) is 0 Å². The van der Waals surface area contributed by atoms with Gasteiger partial charge in [-0.3, -0.25) is 5.73 Å². The van der Waals surface area contributed by atoms with Crippen molar-refractivity contribution in [2.45, 2.75) is 25.7 Å². The first-order valence-corrected chi connectivity index (χ1v) is 5.97. The molecular weight excluding hydrogens is 244 g/mol. The highest BCUT2D eigenvalue weighted by molar-refractivity contribution is 5.88. The van der Waals surface area contributed by atoms with Crippen LogP contribution >= 0.6 is 0 Å². The third-order valence-corrected chi connectivity index (χ3v) is 4.31. The summed E-state index contributed by atoms with van der Waals surface area (Å²) in [5, 5.41) is 19.4. The maximum atomic E-state index is 9.75. The number of nitriles is 2. The number of hydrogen-bond donors (Lipinski definition) is 2. The average Bonchev–Trinajstić information content (AvgIpc) is 2.65. The van der Waals surface area contributed by atoms with Crippen molar-refractivity contribution in [1.29, 1.82) is 10.5 Å². The molecule has 1 heterocycles. The summed E-state index contributed by atoms with van der Waals surface area (Å²) < 4.78 is 10.8. The second-order valence-electron chi connectivity index (χ2n) is 5.03. The summed E-state index contributed by atoms with van der Waals surface area (Å²) in [4.78, 5) is 2.88. The lowest BCUT2D eigenvalue weighted by Crippen LogP contribution is -2.90. The van der Waals surface area contributed by atoms with Crippen molar-refractivity contribution in [3.8, 4) is 12.1 Å². The predicted octanol–water partition coefficient (Wildman–Crippen LogP) is -0.856. The van der Waals surface area contributed by atoms with Crippen LogP contribution in [0.15, 0.2) is 11.6 Å². The highest BCUT2D eigenvalue weighted by atomic mass is 16.7. The van der Waals surface area contributed by atoms with Crippen molar-refractivity contribution >= 4 is 5.84 Å². The molecule has 0 saturated heterocycles. The Labute approximate surface area is 112 Å². The zero-order valence-corrected chi connectivity index (χ0v) is 11.3. The average molecular weight is 261 g/mol. The monoisotopic (exact) mass is 261 g/mol. The van der Waals surface area contributed by atoms with Crippen LogP contribution in [-0.4, -0.2) is 26.0 Å². The van der Waals surface area contributed by atoms with Gasteiger partial charge in [-0.05, 0) is 13.3 Å². The van der Waals surface area contributed by atoms with E-state index in [0.29, 0.717) is 12.8 Å². The molecule has 100 valence electrons. The number of allylic oxidation sites excluding steroid dienone is 2. The van der Waals surface area contributed by atoms with E-state index in [-0.39, 0.29) is 5.84 Å². The standard InChI is InChI=1S/C13H16N4O2/c1-9-4-5-12(8-15)11(6-9,7-14)10(16)17-13(12,18-2)19-3/h4H,5-6H2,1-3H3,(H2,16,17)/p+1/t11-,12-/m0/s1. The van der Waals surface area contributed by atoms with Gasteiger partial charge in [-0.25, -0.2) is 4.99 Å². The van der Waals surface area contributed by atoms with Crippen LogP contribution in [0.3, 0.4) is 0 Å². The zero-order chi connectivity index (χ0) is 14.3. The lowest BCUT2D eigenvalue weighted by molar-refractivity contribution is -0.690. The Morgan fingerprint density at radius 1 is 1.32 bits per heavy atom. The van der Waals surface area contributed by atoms with Gasteiger partial charge in [0.25, 0.3) is 5.84 Å². The molecule has 1 aliphatic heterocycles. The van der Waals surface area contributed by atoms with Crippen LogP contribution in [0.1, 0.15) is 19.8 Å². The third-order valence-electron chi connectivity index (χ3n) is 4.31. The molecule has 3 N–H and O–H groups in total. The summed E-state index contributed by atoms with van der Waals surface area (Å²) in [6.45, 7) is 1.92. The predicted molar refractivity (Wildman–Crippen MR) is 66.0 cm³/mol. The van der Waals surface area contributed by atoms with Gasteiger partial charge in [-0.1, -0.05) is 11.6 Å². The summed E-state index contributed by atoms with van der Waals surface area (Å²) in [5.74, 6) is -1.17. The van der Waals surface area contributed by atoms with E-state index in [0.717, 1.165) is 5.57 Å². The molecule has 0 spiro atoms. The molecule has 19 heavy (non-hydrogen) atoms. The molecule has 2 aliphatic rings. The first-order chi connectivity index (χ1) is 8.97. The van der Waals surface area contributed by atoms with Gasteiger partial charge in [0.1, 0.15) is 0 Å². The Morgan fingerprint density at radius 3 is 2.42 bits per heavy atom. The number of amidine groups is 1. The van der Waals surface area contributed by atoms with Crippen LogP contribution in [0.25, 0.3) is 0 Å². The van der Waals surface area contributed by atoms with Crippen molar-refractivity contribution in [3.05, 3.63) is 11.6 Å². The molecule has 6 heteroatoms. The second-order valence-corrected chi connectivity index (χ2v) is 5.03. The van der Waals surface area contributed by atoms with Crippen molar-refractivity contribution in [2.75, 3.05) is 14.2 Å². The number of rotatable bonds is 2. The largest absolute Gasteiger partial charge is 0.342 e. The van der Waals surface area contributed by atoms with Gasteiger partial charge in [0.05, 0.1) is 12.1 Å². The van der Waals surface area contributed by atoms with E-state index in [1.165, 1.54) is 14.2 Å². The van der Waals surface area contributed by atoms with E-state index in [1.807, 2.05) is 13.0 Å². The van der Waals surface area contributed by atoms with Crippen LogP contribution in [0.4, 0.5) is 0 Å². The normalized spacial score (nSPS) is 35.6. The SMILES string of the molecule is COC1(OC)[NH+]=C(N)[C@@]2(C#N)CC(C)=CC[C@@]12C#N. The molecule has 0 fully saturated rings. The molecule has 0 aromatic heterocycles. The summed E-state index contributed by atoms with van der Waals surface area (Å²) in [6, 6.07) is 4.46. The third kappa shape index (κ3) is 1.28. The summed E-state index contributed by atoms with van der Waals surface area (Å²) in [5.41, 5.74) is 4.70. The van der Waals surface area contributed by atoms with Crippen molar-refractivity contribution < 1.29 is 14.5 Å². The highest BCUT2D eigenvalue weighted by Crippen LogP contribution is 2.56. The number of fused-ring (bicyclic) bond motifs is 1. The Kier molecular flexibility index (Phi) is 2.89. The molecule has 0 saturated carbocycles. The molecular formula is C13H17N4O2+. The Hall–Kier alpha value is -1.89. The maximum absolute atomic E-state index is 9.75. The summed E-state index contributed by atoms with van der Waals surface area (Å²) in [6.07, 6.45) is 2.68. The molecule has 1 aliphatic carbocycles. The Balaban J connectivity index is 2.77. The minimum Gasteiger partial charge on any atom is -0.317 e. The first-order valence-electron chi connectivity index (χ1n) is 5.97. The van der Waals surface area contributed by atoms with Gasteiger partial charge in [-0.2, -0.15) is 10.5 Å². The van der Waals surface area contributed by atoms with Gasteiger partial charge in [0.15, 0.2) is 10.8 Å². The highest BCUT2D eigenvalue weighted by Gasteiger charge is 2.77. The smallest absolute Gasteiger partial charge is 0.317 e. The quantitative estimate of drug-likeness (QED) is 0.497. The van der Waals surface area contributed by atoms with E-state index < -0.39 is 16.7 Å². The topological polar surface area (TPSA) is 106 Å². The van der Waals surface area contributed by atoms with Crippen molar-refractivity contribution in [1.82, 2.24) is 0 Å². The van der Waals surface area contributed by atoms with Crippen LogP contribution < -0.4 is 10.7 Å². The lowest BCUT2D eigenvalue weighted by Gasteiger charge is -2.42. The molecule has 0 aromatic carbocycles. The van der Waals surface area contributed by atoms with Crippen molar-refractivity contribution in [3.63, 3.8) is 0 Å². The van der Waals surface area contributed by atoms with E-state index >= 15 is 0 Å². The minimum atomic E-state index is -1.40. The molecule has 0 aromatic rings. The van der Waals surface area contributed by atoms with Gasteiger partial charge in [0, 0.05) is 20.6 Å². The second kappa shape index (κ2) is 4.06. The zero-order valence-electron chi connectivity index (χ0n) is 11.3. The first kappa shape index (κ1) is 13.5.